The van der Waals surface area contributed by atoms with E-state index in [-0.39, 0.29) is 29.2 Å². The number of hydrogen-bond acceptors (Lipinski definition) is 4. The van der Waals surface area contributed by atoms with Crippen LogP contribution in [-0.4, -0.2) is 50.0 Å². The maximum Gasteiger partial charge on any atom is 0.244 e. The molecule has 10 heteroatoms. The van der Waals surface area contributed by atoms with Crippen molar-refractivity contribution in [3.8, 4) is 0 Å². The molecule has 0 spiro atoms. The zero-order chi connectivity index (χ0) is 26.3. The average molecular weight is 543 g/mol. The largest absolute Gasteiger partial charge is 0.352 e. The van der Waals surface area contributed by atoms with Gasteiger partial charge in [-0.25, -0.2) is 8.42 Å². The third kappa shape index (κ3) is 7.85. The van der Waals surface area contributed by atoms with Crippen LogP contribution in [0.15, 0.2) is 42.5 Å². The third-order valence-corrected chi connectivity index (χ3v) is 7.51. The van der Waals surface area contributed by atoms with Crippen LogP contribution in [0.25, 0.3) is 0 Å². The van der Waals surface area contributed by atoms with Gasteiger partial charge in [-0.15, -0.1) is 0 Å². The molecule has 0 bridgehead atoms. The monoisotopic (exact) mass is 541 g/mol. The predicted molar refractivity (Wildman–Crippen MR) is 142 cm³/mol. The average Bonchev–Trinajstić information content (AvgIpc) is 2.78. The first-order valence-corrected chi connectivity index (χ1v) is 14.1. The summed E-state index contributed by atoms with van der Waals surface area (Å²) in [5, 5.41) is 3.39. The highest BCUT2D eigenvalue weighted by Crippen LogP contribution is 2.30. The predicted octanol–water partition coefficient (Wildman–Crippen LogP) is 4.79. The minimum atomic E-state index is -3.88. The number of hydrogen-bond donors (Lipinski definition) is 1. The standard InChI is InChI=1S/C25H33Cl2N3O4S/c1-6-18(4)28-25(32)22(7-2)29(15-19-11-9-8-10-17(19)3)24(31)16-30(35(5,33)34)23-13-12-20(26)14-21(23)27/h8-14,18,22H,6-7,15-16H2,1-5H3,(H,28,32)/t18-,22-/m1/s1. The van der Waals surface area contributed by atoms with E-state index in [1.54, 1.807) is 0 Å². The second-order valence-corrected chi connectivity index (χ2v) is 11.3. The Kier molecular flexibility index (Phi) is 10.4. The molecule has 2 rings (SSSR count). The number of benzene rings is 2. The van der Waals surface area contributed by atoms with Crippen LogP contribution in [0.5, 0.6) is 0 Å². The number of anilines is 1. The number of nitrogens with zero attached hydrogens (tertiary/aromatic N) is 2. The second kappa shape index (κ2) is 12.6. The lowest BCUT2D eigenvalue weighted by Gasteiger charge is -2.33. The van der Waals surface area contributed by atoms with Gasteiger partial charge in [0.2, 0.25) is 21.8 Å². The number of sulfonamides is 1. The first kappa shape index (κ1) is 28.9. The normalized spacial score (nSPS) is 13.1. The molecular formula is C25H33Cl2N3O4S. The lowest BCUT2D eigenvalue weighted by Crippen LogP contribution is -2.53. The number of amides is 2. The molecule has 0 aliphatic rings. The Hall–Kier alpha value is -2.29. The van der Waals surface area contributed by atoms with Gasteiger partial charge in [-0.3, -0.25) is 13.9 Å². The van der Waals surface area contributed by atoms with E-state index in [4.69, 9.17) is 23.2 Å². The van der Waals surface area contributed by atoms with Gasteiger partial charge in [0.05, 0.1) is 17.0 Å². The highest BCUT2D eigenvalue weighted by atomic mass is 35.5. The van der Waals surface area contributed by atoms with E-state index in [1.807, 2.05) is 52.0 Å². The van der Waals surface area contributed by atoms with Crippen LogP contribution in [0.1, 0.15) is 44.7 Å². The lowest BCUT2D eigenvalue weighted by atomic mass is 10.1. The molecule has 0 aliphatic carbocycles. The molecule has 0 radical (unpaired) electrons. The van der Waals surface area contributed by atoms with Crippen LogP contribution >= 0.6 is 23.2 Å². The number of rotatable bonds is 11. The van der Waals surface area contributed by atoms with Crippen LogP contribution in [-0.2, 0) is 26.2 Å². The molecule has 2 amide bonds. The summed E-state index contributed by atoms with van der Waals surface area (Å²) in [7, 11) is -3.88. The summed E-state index contributed by atoms with van der Waals surface area (Å²) in [6.07, 6.45) is 2.11. The minimum absolute atomic E-state index is 0.0626. The van der Waals surface area contributed by atoms with Gasteiger partial charge in [-0.1, -0.05) is 61.3 Å². The Morgan fingerprint density at radius 1 is 1.06 bits per heavy atom. The van der Waals surface area contributed by atoms with Crippen molar-refractivity contribution in [1.29, 1.82) is 0 Å². The number of carbonyl (C=O) groups is 2. The third-order valence-electron chi connectivity index (χ3n) is 5.85. The van der Waals surface area contributed by atoms with Crippen molar-refractivity contribution in [3.05, 3.63) is 63.6 Å². The molecule has 35 heavy (non-hydrogen) atoms. The highest BCUT2D eigenvalue weighted by Gasteiger charge is 2.32. The van der Waals surface area contributed by atoms with Crippen LogP contribution in [0.2, 0.25) is 10.0 Å². The summed E-state index contributed by atoms with van der Waals surface area (Å²) in [6, 6.07) is 11.1. The van der Waals surface area contributed by atoms with Crippen molar-refractivity contribution in [2.45, 2.75) is 59.2 Å². The van der Waals surface area contributed by atoms with Gasteiger partial charge in [0.1, 0.15) is 12.6 Å². The molecule has 0 aliphatic heterocycles. The van der Waals surface area contributed by atoms with Gasteiger partial charge >= 0.3 is 0 Å². The topological polar surface area (TPSA) is 86.8 Å². The molecule has 0 heterocycles. The van der Waals surface area contributed by atoms with Crippen molar-refractivity contribution >= 4 is 50.7 Å². The lowest BCUT2D eigenvalue weighted by molar-refractivity contribution is -0.140. The first-order chi connectivity index (χ1) is 16.4. The Morgan fingerprint density at radius 2 is 1.71 bits per heavy atom. The van der Waals surface area contributed by atoms with Gasteiger partial charge < -0.3 is 10.2 Å². The summed E-state index contributed by atoms with van der Waals surface area (Å²) in [5.74, 6) is -0.796. The molecule has 7 nitrogen and oxygen atoms in total. The second-order valence-electron chi connectivity index (χ2n) is 8.56. The van der Waals surface area contributed by atoms with E-state index in [2.05, 4.69) is 5.32 Å². The molecule has 0 unspecified atom stereocenters. The molecule has 2 aromatic carbocycles. The SMILES string of the molecule is CC[C@@H](C)NC(=O)[C@@H](CC)N(Cc1ccccc1C)C(=O)CN(c1ccc(Cl)cc1Cl)S(C)(=O)=O. The van der Waals surface area contributed by atoms with Gasteiger partial charge in [0.15, 0.2) is 0 Å². The van der Waals surface area contributed by atoms with E-state index in [9.17, 15) is 18.0 Å². The van der Waals surface area contributed by atoms with E-state index in [0.717, 1.165) is 28.1 Å². The zero-order valence-corrected chi connectivity index (χ0v) is 23.0. The fourth-order valence-corrected chi connectivity index (χ4v) is 5.03. The van der Waals surface area contributed by atoms with Gasteiger partial charge in [0.25, 0.3) is 0 Å². The molecule has 192 valence electrons. The Morgan fingerprint density at radius 3 is 2.26 bits per heavy atom. The van der Waals surface area contributed by atoms with Crippen molar-refractivity contribution in [2.24, 2.45) is 0 Å². The molecule has 1 N–H and O–H groups in total. The molecule has 2 aromatic rings. The Balaban J connectivity index is 2.49. The van der Waals surface area contributed by atoms with E-state index in [0.29, 0.717) is 11.4 Å². The minimum Gasteiger partial charge on any atom is -0.352 e. The summed E-state index contributed by atoms with van der Waals surface area (Å²) in [6.45, 7) is 7.24. The molecule has 2 atom stereocenters. The first-order valence-electron chi connectivity index (χ1n) is 11.5. The van der Waals surface area contributed by atoms with Crippen LogP contribution < -0.4 is 9.62 Å². The van der Waals surface area contributed by atoms with Crippen LogP contribution in [0.3, 0.4) is 0 Å². The molecular weight excluding hydrogens is 509 g/mol. The van der Waals surface area contributed by atoms with E-state index < -0.39 is 28.5 Å². The van der Waals surface area contributed by atoms with Gasteiger partial charge in [0, 0.05) is 17.6 Å². The molecule has 0 fully saturated rings. The smallest absolute Gasteiger partial charge is 0.244 e. The van der Waals surface area contributed by atoms with Crippen molar-refractivity contribution in [1.82, 2.24) is 10.2 Å². The molecule has 0 aromatic heterocycles. The highest BCUT2D eigenvalue weighted by molar-refractivity contribution is 7.92. The maximum absolute atomic E-state index is 13.7. The summed E-state index contributed by atoms with van der Waals surface area (Å²) >= 11 is 12.3. The summed E-state index contributed by atoms with van der Waals surface area (Å²) in [5.41, 5.74) is 1.97. The number of aryl methyl sites for hydroxylation is 1. The molecule has 0 saturated heterocycles. The van der Waals surface area contributed by atoms with Crippen molar-refractivity contribution in [2.75, 3.05) is 17.1 Å². The van der Waals surface area contributed by atoms with Crippen molar-refractivity contribution in [3.63, 3.8) is 0 Å². The van der Waals surface area contributed by atoms with Gasteiger partial charge in [-0.05, 0) is 56.0 Å². The van der Waals surface area contributed by atoms with E-state index in [1.165, 1.54) is 23.1 Å². The summed E-state index contributed by atoms with van der Waals surface area (Å²) < 4.78 is 26.3. The fourth-order valence-electron chi connectivity index (χ4n) is 3.61. The fraction of sp³-hybridized carbons (Fsp3) is 0.440. The molecule has 0 saturated carbocycles. The number of carbonyl (C=O) groups excluding carboxylic acids is 2. The van der Waals surface area contributed by atoms with Crippen LogP contribution in [0.4, 0.5) is 5.69 Å². The quantitative estimate of drug-likeness (QED) is 0.443. The number of halogens is 2. The Bertz CT molecular complexity index is 1160. The van der Waals surface area contributed by atoms with E-state index >= 15 is 0 Å². The van der Waals surface area contributed by atoms with Gasteiger partial charge in [-0.2, -0.15) is 0 Å². The number of nitrogens with one attached hydrogen (secondary N) is 1. The summed E-state index contributed by atoms with van der Waals surface area (Å²) in [4.78, 5) is 28.3. The van der Waals surface area contributed by atoms with Crippen molar-refractivity contribution < 1.29 is 18.0 Å². The maximum atomic E-state index is 13.7. The van der Waals surface area contributed by atoms with Crippen LogP contribution in [0, 0.1) is 6.92 Å². The zero-order valence-electron chi connectivity index (χ0n) is 20.7. The Labute approximate surface area is 218 Å².